The molecule has 0 fully saturated rings. The molecular weight excluding hydrogens is 330 g/mol. The molecule has 4 rings (SSSR count). The Bertz CT molecular complexity index is 969. The Morgan fingerprint density at radius 3 is 2.65 bits per heavy atom. The van der Waals surface area contributed by atoms with Gasteiger partial charge < -0.3 is 15.8 Å². The zero-order chi connectivity index (χ0) is 19.0. The van der Waals surface area contributed by atoms with Crippen LogP contribution in [0, 0.1) is 11.3 Å². The van der Waals surface area contributed by atoms with Crippen molar-refractivity contribution >= 4 is 23.1 Å². The van der Waals surface area contributed by atoms with Gasteiger partial charge >= 0.3 is 0 Å². The second kappa shape index (κ2) is 5.06. The van der Waals surface area contributed by atoms with E-state index in [1.165, 1.54) is 11.8 Å². The first-order valence-electron chi connectivity index (χ1n) is 8.64. The fraction of sp³-hybridized carbons (Fsp3) is 0.350. The van der Waals surface area contributed by atoms with Gasteiger partial charge in [0.2, 0.25) is 0 Å². The SMILES string of the molecule is CNc1cccc2c1C(=O)C1=C3C(O)=C(C(C)=N)C(=O)N3C(C)(C)[C@@H]1C2. The number of carbonyl (C=O) groups is 2. The number of rotatable bonds is 2. The number of Topliss-reactive ketones (excluding diaryl/α,β-unsaturated/α-hetero) is 1. The Hall–Kier alpha value is -2.89. The summed E-state index contributed by atoms with van der Waals surface area (Å²) in [6.07, 6.45) is 0.623. The van der Waals surface area contributed by atoms with Gasteiger partial charge in [-0.3, -0.25) is 14.5 Å². The molecule has 1 aromatic rings. The van der Waals surface area contributed by atoms with Gasteiger partial charge in [-0.1, -0.05) is 12.1 Å². The van der Waals surface area contributed by atoms with Crippen molar-refractivity contribution in [2.75, 3.05) is 12.4 Å². The number of hydrogen-bond acceptors (Lipinski definition) is 5. The average molecular weight is 351 g/mol. The van der Waals surface area contributed by atoms with Crippen LogP contribution < -0.4 is 5.32 Å². The van der Waals surface area contributed by atoms with Crippen molar-refractivity contribution < 1.29 is 14.7 Å². The standard InChI is InChI=1S/C20H21N3O3/c1-9(21)13-18(25)16-15-11(20(2,3)23(16)19(13)26)8-10-6-5-7-12(22-4)14(10)17(15)24/h5-7,11,21-22,25H,8H2,1-4H3/t11-/m1/s1. The minimum absolute atomic E-state index is 0.00178. The predicted octanol–water partition coefficient (Wildman–Crippen LogP) is 2.82. The van der Waals surface area contributed by atoms with Crippen LogP contribution >= 0.6 is 0 Å². The molecule has 2 heterocycles. The van der Waals surface area contributed by atoms with Crippen LogP contribution in [0.5, 0.6) is 0 Å². The number of fused-ring (bicyclic) bond motifs is 3. The van der Waals surface area contributed by atoms with Crippen molar-refractivity contribution in [2.45, 2.75) is 32.7 Å². The highest BCUT2D eigenvalue weighted by atomic mass is 16.3. The van der Waals surface area contributed by atoms with E-state index in [1.807, 2.05) is 32.0 Å². The van der Waals surface area contributed by atoms with Crippen LogP contribution in [0.15, 0.2) is 40.8 Å². The Morgan fingerprint density at radius 1 is 1.35 bits per heavy atom. The highest BCUT2D eigenvalue weighted by molar-refractivity contribution is 6.25. The highest BCUT2D eigenvalue weighted by Crippen LogP contribution is 2.53. The van der Waals surface area contributed by atoms with E-state index in [1.54, 1.807) is 7.05 Å². The molecule has 6 heteroatoms. The van der Waals surface area contributed by atoms with Gasteiger partial charge in [0, 0.05) is 35.5 Å². The third-order valence-corrected chi connectivity index (χ3v) is 5.83. The average Bonchev–Trinajstić information content (AvgIpc) is 2.98. The zero-order valence-electron chi connectivity index (χ0n) is 15.2. The van der Waals surface area contributed by atoms with E-state index in [4.69, 9.17) is 5.41 Å². The first-order valence-corrected chi connectivity index (χ1v) is 8.64. The smallest absolute Gasteiger partial charge is 0.264 e. The van der Waals surface area contributed by atoms with Crippen LogP contribution in [-0.4, -0.2) is 40.0 Å². The molecule has 1 aromatic carbocycles. The van der Waals surface area contributed by atoms with Crippen molar-refractivity contribution in [3.05, 3.63) is 51.9 Å². The van der Waals surface area contributed by atoms with E-state index in [2.05, 4.69) is 5.32 Å². The molecular formula is C20H21N3O3. The second-order valence-corrected chi connectivity index (χ2v) is 7.58. The fourth-order valence-electron chi connectivity index (χ4n) is 4.57. The first-order chi connectivity index (χ1) is 12.2. The van der Waals surface area contributed by atoms with Gasteiger partial charge in [-0.05, 0) is 38.8 Å². The molecule has 0 unspecified atom stereocenters. The number of ketones is 1. The lowest BCUT2D eigenvalue weighted by Gasteiger charge is -2.38. The molecule has 0 saturated carbocycles. The molecule has 2 aliphatic heterocycles. The number of carbonyl (C=O) groups excluding carboxylic acids is 2. The summed E-state index contributed by atoms with van der Waals surface area (Å²) >= 11 is 0. The summed E-state index contributed by atoms with van der Waals surface area (Å²) in [5.74, 6) is -0.993. The quantitative estimate of drug-likeness (QED) is 0.714. The van der Waals surface area contributed by atoms with E-state index in [-0.39, 0.29) is 34.4 Å². The molecule has 1 amide bonds. The normalized spacial score (nSPS) is 23.2. The number of benzene rings is 1. The van der Waals surface area contributed by atoms with E-state index >= 15 is 0 Å². The molecule has 0 spiro atoms. The molecule has 3 aliphatic rings. The van der Waals surface area contributed by atoms with Crippen molar-refractivity contribution in [1.82, 2.24) is 4.90 Å². The fourth-order valence-corrected chi connectivity index (χ4v) is 4.57. The third-order valence-electron chi connectivity index (χ3n) is 5.83. The highest BCUT2D eigenvalue weighted by Gasteiger charge is 2.58. The Labute approximate surface area is 151 Å². The summed E-state index contributed by atoms with van der Waals surface area (Å²) in [6.45, 7) is 5.30. The van der Waals surface area contributed by atoms with Gasteiger partial charge in [-0.15, -0.1) is 0 Å². The Morgan fingerprint density at radius 2 is 2.04 bits per heavy atom. The van der Waals surface area contributed by atoms with Crippen molar-refractivity contribution in [2.24, 2.45) is 5.92 Å². The molecule has 3 N–H and O–H groups in total. The third kappa shape index (κ3) is 1.79. The van der Waals surface area contributed by atoms with Crippen LogP contribution in [-0.2, 0) is 11.2 Å². The number of nitrogens with one attached hydrogen (secondary N) is 2. The van der Waals surface area contributed by atoms with E-state index in [0.29, 0.717) is 17.6 Å². The van der Waals surface area contributed by atoms with Crippen LogP contribution in [0.3, 0.4) is 0 Å². The minimum atomic E-state index is -0.657. The van der Waals surface area contributed by atoms with E-state index in [0.717, 1.165) is 11.3 Å². The minimum Gasteiger partial charge on any atom is -0.505 e. The summed E-state index contributed by atoms with van der Waals surface area (Å²) in [5, 5.41) is 21.6. The lowest BCUT2D eigenvalue weighted by Crippen LogP contribution is -2.47. The number of aliphatic hydroxyl groups excluding tert-OH is 1. The second-order valence-electron chi connectivity index (χ2n) is 7.58. The molecule has 1 aliphatic carbocycles. The molecule has 6 nitrogen and oxygen atoms in total. The van der Waals surface area contributed by atoms with E-state index in [9.17, 15) is 14.7 Å². The lowest BCUT2D eigenvalue weighted by atomic mass is 9.71. The van der Waals surface area contributed by atoms with Crippen molar-refractivity contribution in [3.63, 3.8) is 0 Å². The summed E-state index contributed by atoms with van der Waals surface area (Å²) in [5.41, 5.74) is 2.39. The van der Waals surface area contributed by atoms with Crippen molar-refractivity contribution in [3.8, 4) is 0 Å². The molecule has 26 heavy (non-hydrogen) atoms. The first kappa shape index (κ1) is 16.6. The molecule has 0 aromatic heterocycles. The van der Waals surface area contributed by atoms with Gasteiger partial charge in [-0.25, -0.2) is 0 Å². The number of nitrogens with zero attached hydrogens (tertiary/aromatic N) is 1. The lowest BCUT2D eigenvalue weighted by molar-refractivity contribution is -0.127. The number of hydrogen-bond donors (Lipinski definition) is 3. The summed E-state index contributed by atoms with van der Waals surface area (Å²) < 4.78 is 0. The maximum atomic E-state index is 13.4. The van der Waals surface area contributed by atoms with Crippen molar-refractivity contribution in [1.29, 1.82) is 5.41 Å². The molecule has 134 valence electrons. The largest absolute Gasteiger partial charge is 0.505 e. The number of anilines is 1. The molecule has 1 atom stereocenters. The Balaban J connectivity index is 2.02. The number of amides is 1. The molecule has 0 saturated heterocycles. The maximum Gasteiger partial charge on any atom is 0.264 e. The van der Waals surface area contributed by atoms with Gasteiger partial charge in [-0.2, -0.15) is 0 Å². The predicted molar refractivity (Wildman–Crippen MR) is 98.5 cm³/mol. The van der Waals surface area contributed by atoms with Crippen LogP contribution in [0.25, 0.3) is 0 Å². The summed E-state index contributed by atoms with van der Waals surface area (Å²) in [6, 6.07) is 5.71. The molecule has 0 bridgehead atoms. The van der Waals surface area contributed by atoms with Crippen LogP contribution in [0.2, 0.25) is 0 Å². The van der Waals surface area contributed by atoms with Crippen LogP contribution in [0.4, 0.5) is 5.69 Å². The van der Waals surface area contributed by atoms with Crippen LogP contribution in [0.1, 0.15) is 36.7 Å². The topological polar surface area (TPSA) is 93.5 Å². The summed E-state index contributed by atoms with van der Waals surface area (Å²) in [7, 11) is 1.77. The van der Waals surface area contributed by atoms with Gasteiger partial charge in [0.1, 0.15) is 5.57 Å². The Kier molecular flexibility index (Phi) is 3.23. The van der Waals surface area contributed by atoms with Gasteiger partial charge in [0.15, 0.2) is 11.5 Å². The monoisotopic (exact) mass is 351 g/mol. The van der Waals surface area contributed by atoms with Gasteiger partial charge in [0.25, 0.3) is 5.91 Å². The number of aliphatic hydroxyl groups is 1. The molecule has 0 radical (unpaired) electrons. The maximum absolute atomic E-state index is 13.4. The van der Waals surface area contributed by atoms with Gasteiger partial charge in [0.05, 0.1) is 11.2 Å². The zero-order valence-corrected chi connectivity index (χ0v) is 15.2. The summed E-state index contributed by atoms with van der Waals surface area (Å²) in [4.78, 5) is 27.8. The van der Waals surface area contributed by atoms with E-state index < -0.39 is 11.4 Å².